The van der Waals surface area contributed by atoms with Crippen LogP contribution in [-0.2, 0) is 21.2 Å². The minimum Gasteiger partial charge on any atom is -0.497 e. The van der Waals surface area contributed by atoms with Crippen molar-refractivity contribution in [1.29, 1.82) is 0 Å². The standard InChI is InChI=1S/C20H26N2O5S/c1-14-5-10-18(27-4)19(13-14)28(24,25)22-15(2)20(23)21-12-11-16-6-8-17(26-3)9-7-16/h5-10,13,15,22H,11-12H2,1-4H3,(H,21,23)/t15-/m0/s1. The molecule has 1 amide bonds. The summed E-state index contributed by atoms with van der Waals surface area (Å²) >= 11 is 0. The molecule has 0 aliphatic rings. The van der Waals surface area contributed by atoms with E-state index in [1.807, 2.05) is 24.3 Å². The van der Waals surface area contributed by atoms with Crippen molar-refractivity contribution in [2.75, 3.05) is 20.8 Å². The molecule has 0 fully saturated rings. The van der Waals surface area contributed by atoms with Gasteiger partial charge in [-0.1, -0.05) is 18.2 Å². The van der Waals surface area contributed by atoms with Gasteiger partial charge in [-0.15, -0.1) is 0 Å². The zero-order valence-electron chi connectivity index (χ0n) is 16.5. The number of carbonyl (C=O) groups excluding carboxylic acids is 1. The maximum atomic E-state index is 12.7. The molecule has 28 heavy (non-hydrogen) atoms. The third-order valence-corrected chi connectivity index (χ3v) is 5.77. The quantitative estimate of drug-likeness (QED) is 0.665. The lowest BCUT2D eigenvalue weighted by atomic mass is 10.1. The number of carbonyl (C=O) groups is 1. The van der Waals surface area contributed by atoms with Crippen LogP contribution in [0.3, 0.4) is 0 Å². The van der Waals surface area contributed by atoms with Gasteiger partial charge in [-0.3, -0.25) is 4.79 Å². The van der Waals surface area contributed by atoms with E-state index in [9.17, 15) is 13.2 Å². The number of hydrogen-bond donors (Lipinski definition) is 2. The molecular formula is C20H26N2O5S. The minimum atomic E-state index is -3.90. The summed E-state index contributed by atoms with van der Waals surface area (Å²) in [6.45, 7) is 3.68. The van der Waals surface area contributed by atoms with Gasteiger partial charge in [0.25, 0.3) is 0 Å². The number of sulfonamides is 1. The second-order valence-electron chi connectivity index (χ2n) is 6.39. The van der Waals surface area contributed by atoms with Gasteiger partial charge in [-0.2, -0.15) is 4.72 Å². The molecule has 0 spiro atoms. The Hall–Kier alpha value is -2.58. The molecule has 0 aromatic heterocycles. The average molecular weight is 407 g/mol. The largest absolute Gasteiger partial charge is 0.497 e. The van der Waals surface area contributed by atoms with E-state index in [0.29, 0.717) is 13.0 Å². The lowest BCUT2D eigenvalue weighted by Crippen LogP contribution is -2.45. The van der Waals surface area contributed by atoms with Gasteiger partial charge in [0.1, 0.15) is 16.4 Å². The third-order valence-electron chi connectivity index (χ3n) is 4.21. The Morgan fingerprint density at radius 2 is 1.75 bits per heavy atom. The van der Waals surface area contributed by atoms with Crippen molar-refractivity contribution in [2.24, 2.45) is 0 Å². The van der Waals surface area contributed by atoms with Gasteiger partial charge in [-0.05, 0) is 55.7 Å². The lowest BCUT2D eigenvalue weighted by Gasteiger charge is -2.16. The fourth-order valence-electron chi connectivity index (χ4n) is 2.62. The van der Waals surface area contributed by atoms with Gasteiger partial charge in [0.05, 0.1) is 20.3 Å². The SMILES string of the molecule is COc1ccc(CCNC(=O)[C@H](C)NS(=O)(=O)c2cc(C)ccc2OC)cc1. The number of methoxy groups -OCH3 is 2. The zero-order valence-corrected chi connectivity index (χ0v) is 17.3. The molecule has 0 aliphatic carbocycles. The Morgan fingerprint density at radius 3 is 2.36 bits per heavy atom. The molecule has 0 saturated carbocycles. The molecule has 0 saturated heterocycles. The van der Waals surface area contributed by atoms with Crippen LogP contribution in [0.25, 0.3) is 0 Å². The van der Waals surface area contributed by atoms with Crippen molar-refractivity contribution in [3.8, 4) is 11.5 Å². The Kier molecular flexibility index (Phi) is 7.42. The molecule has 7 nitrogen and oxygen atoms in total. The van der Waals surface area contributed by atoms with E-state index in [1.54, 1.807) is 26.2 Å². The molecule has 0 bridgehead atoms. The van der Waals surface area contributed by atoms with Gasteiger partial charge < -0.3 is 14.8 Å². The summed E-state index contributed by atoms with van der Waals surface area (Å²) in [7, 11) is -0.901. The number of rotatable bonds is 9. The molecule has 152 valence electrons. The summed E-state index contributed by atoms with van der Waals surface area (Å²) in [5.74, 6) is 0.594. The summed E-state index contributed by atoms with van der Waals surface area (Å²) in [4.78, 5) is 12.3. The van der Waals surface area contributed by atoms with Crippen molar-refractivity contribution in [3.63, 3.8) is 0 Å². The maximum absolute atomic E-state index is 12.7. The van der Waals surface area contributed by atoms with Crippen LogP contribution in [0.4, 0.5) is 0 Å². The molecule has 0 aliphatic heterocycles. The molecular weight excluding hydrogens is 380 g/mol. The third kappa shape index (κ3) is 5.71. The average Bonchev–Trinajstić information content (AvgIpc) is 2.68. The number of benzene rings is 2. The van der Waals surface area contributed by atoms with Crippen LogP contribution < -0.4 is 19.5 Å². The summed E-state index contributed by atoms with van der Waals surface area (Å²) in [5, 5.41) is 2.75. The molecule has 2 N–H and O–H groups in total. The van der Waals surface area contributed by atoms with Gasteiger partial charge in [0, 0.05) is 6.54 Å². The van der Waals surface area contributed by atoms with E-state index in [2.05, 4.69) is 10.0 Å². The van der Waals surface area contributed by atoms with Gasteiger partial charge in [0.15, 0.2) is 0 Å². The molecule has 0 heterocycles. The highest BCUT2D eigenvalue weighted by molar-refractivity contribution is 7.89. The number of amides is 1. The summed E-state index contributed by atoms with van der Waals surface area (Å²) in [6.07, 6.45) is 0.626. The van der Waals surface area contributed by atoms with Crippen molar-refractivity contribution in [3.05, 3.63) is 53.6 Å². The highest BCUT2D eigenvalue weighted by Gasteiger charge is 2.25. The van der Waals surface area contributed by atoms with Crippen LogP contribution in [0.15, 0.2) is 47.4 Å². The van der Waals surface area contributed by atoms with Crippen molar-refractivity contribution < 1.29 is 22.7 Å². The first kappa shape index (κ1) is 21.7. The van der Waals surface area contributed by atoms with Gasteiger partial charge in [0.2, 0.25) is 15.9 Å². The molecule has 0 unspecified atom stereocenters. The summed E-state index contributed by atoms with van der Waals surface area (Å²) < 4.78 is 37.9. The fraction of sp³-hybridized carbons (Fsp3) is 0.350. The first-order valence-electron chi connectivity index (χ1n) is 8.84. The highest BCUT2D eigenvalue weighted by atomic mass is 32.2. The van der Waals surface area contributed by atoms with Crippen molar-refractivity contribution >= 4 is 15.9 Å². The summed E-state index contributed by atoms with van der Waals surface area (Å²) in [5.41, 5.74) is 1.82. The Balaban J connectivity index is 1.94. The minimum absolute atomic E-state index is 0.00730. The fourth-order valence-corrected chi connectivity index (χ4v) is 4.08. The topological polar surface area (TPSA) is 93.7 Å². The molecule has 1 atom stereocenters. The maximum Gasteiger partial charge on any atom is 0.244 e. The van der Waals surface area contributed by atoms with Crippen molar-refractivity contribution in [1.82, 2.24) is 10.0 Å². The van der Waals surface area contributed by atoms with E-state index in [0.717, 1.165) is 16.9 Å². The van der Waals surface area contributed by atoms with E-state index in [-0.39, 0.29) is 10.6 Å². The monoisotopic (exact) mass is 406 g/mol. The van der Waals surface area contributed by atoms with Gasteiger partial charge in [-0.25, -0.2) is 8.42 Å². The molecule has 2 aromatic carbocycles. The van der Waals surface area contributed by atoms with E-state index < -0.39 is 22.0 Å². The van der Waals surface area contributed by atoms with E-state index >= 15 is 0 Å². The number of aryl methyl sites for hydroxylation is 1. The second-order valence-corrected chi connectivity index (χ2v) is 8.07. The van der Waals surface area contributed by atoms with Crippen LogP contribution in [0, 0.1) is 6.92 Å². The number of ether oxygens (including phenoxy) is 2. The zero-order chi connectivity index (χ0) is 20.7. The normalized spacial score (nSPS) is 12.3. The predicted molar refractivity (Wildman–Crippen MR) is 107 cm³/mol. The van der Waals surface area contributed by atoms with Crippen LogP contribution >= 0.6 is 0 Å². The predicted octanol–water partition coefficient (Wildman–Crippen LogP) is 2.04. The van der Waals surface area contributed by atoms with Crippen LogP contribution in [0.1, 0.15) is 18.1 Å². The molecule has 2 aromatic rings. The molecule has 8 heteroatoms. The Bertz CT molecular complexity index is 911. The molecule has 2 rings (SSSR count). The van der Waals surface area contributed by atoms with Crippen LogP contribution in [0.5, 0.6) is 11.5 Å². The lowest BCUT2D eigenvalue weighted by molar-refractivity contribution is -0.122. The first-order valence-corrected chi connectivity index (χ1v) is 10.3. The Labute approximate surface area is 166 Å². The van der Waals surface area contributed by atoms with Crippen LogP contribution in [0.2, 0.25) is 0 Å². The molecule has 0 radical (unpaired) electrons. The number of hydrogen-bond acceptors (Lipinski definition) is 5. The van der Waals surface area contributed by atoms with E-state index in [1.165, 1.54) is 20.1 Å². The van der Waals surface area contributed by atoms with Crippen molar-refractivity contribution in [2.45, 2.75) is 31.2 Å². The Morgan fingerprint density at radius 1 is 1.07 bits per heavy atom. The number of nitrogens with one attached hydrogen (secondary N) is 2. The van der Waals surface area contributed by atoms with E-state index in [4.69, 9.17) is 9.47 Å². The smallest absolute Gasteiger partial charge is 0.244 e. The summed E-state index contributed by atoms with van der Waals surface area (Å²) in [6, 6.07) is 11.5. The second kappa shape index (κ2) is 9.57. The highest BCUT2D eigenvalue weighted by Crippen LogP contribution is 2.24. The first-order chi connectivity index (χ1) is 13.3. The van der Waals surface area contributed by atoms with Gasteiger partial charge >= 0.3 is 0 Å². The van der Waals surface area contributed by atoms with Crippen LogP contribution in [-0.4, -0.2) is 41.1 Å².